The lowest BCUT2D eigenvalue weighted by molar-refractivity contribution is -0.126. The number of carbonyl (C=O) groups is 2. The van der Waals surface area contributed by atoms with E-state index in [4.69, 9.17) is 0 Å². The predicted molar refractivity (Wildman–Crippen MR) is 49.3 cm³/mol. The minimum Gasteiger partial charge on any atom is -0.337 e. The normalized spacial score (nSPS) is 17.8. The topological polar surface area (TPSA) is 49.4 Å². The second-order valence-corrected chi connectivity index (χ2v) is 3.02. The summed E-state index contributed by atoms with van der Waals surface area (Å²) < 4.78 is 0. The molecule has 0 spiro atoms. The number of hydrogen-bond acceptors (Lipinski definition) is 3. The molecule has 0 aromatic carbocycles. The van der Waals surface area contributed by atoms with Crippen LogP contribution in [0.5, 0.6) is 0 Å². The summed E-state index contributed by atoms with van der Waals surface area (Å²) in [5.41, 5.74) is 0. The molecule has 1 aliphatic heterocycles. The van der Waals surface area contributed by atoms with Gasteiger partial charge in [0.1, 0.15) is 0 Å². The van der Waals surface area contributed by atoms with Gasteiger partial charge in [0, 0.05) is 32.3 Å². The number of nitrogens with zero attached hydrogens (tertiary/aromatic N) is 1. The molecule has 0 saturated carbocycles. The number of piperazine rings is 1. The third-order valence-electron chi connectivity index (χ3n) is 1.89. The lowest BCUT2D eigenvalue weighted by Gasteiger charge is -2.26. The number of hydrogen-bond donors (Lipinski definition) is 1. The van der Waals surface area contributed by atoms with Crippen molar-refractivity contribution in [1.29, 1.82) is 0 Å². The highest BCUT2D eigenvalue weighted by Gasteiger charge is 2.12. The van der Waals surface area contributed by atoms with Crippen LogP contribution in [0.25, 0.3) is 0 Å². The first kappa shape index (κ1) is 9.92. The quantitative estimate of drug-likeness (QED) is 0.589. The van der Waals surface area contributed by atoms with Gasteiger partial charge in [0.2, 0.25) is 5.91 Å². The second-order valence-electron chi connectivity index (χ2n) is 3.02. The monoisotopic (exact) mass is 182 g/mol. The zero-order valence-electron chi connectivity index (χ0n) is 7.75. The van der Waals surface area contributed by atoms with Crippen LogP contribution >= 0.6 is 0 Å². The standard InChI is InChI=1S/C9H14N2O2/c1-8(12)2-3-9(13)11-6-4-10-5-7-11/h2-3,10H,4-7H2,1H3. The average molecular weight is 182 g/mol. The van der Waals surface area contributed by atoms with E-state index in [0.717, 1.165) is 26.2 Å². The molecule has 1 amide bonds. The van der Waals surface area contributed by atoms with Gasteiger partial charge in [-0.3, -0.25) is 9.59 Å². The zero-order chi connectivity index (χ0) is 9.68. The van der Waals surface area contributed by atoms with Gasteiger partial charge in [-0.05, 0) is 13.0 Å². The summed E-state index contributed by atoms with van der Waals surface area (Å²) in [6.07, 6.45) is 2.65. The highest BCUT2D eigenvalue weighted by atomic mass is 16.2. The molecule has 0 aliphatic carbocycles. The summed E-state index contributed by atoms with van der Waals surface area (Å²) in [6.45, 7) is 4.54. The van der Waals surface area contributed by atoms with Crippen LogP contribution < -0.4 is 5.32 Å². The predicted octanol–water partition coefficient (Wildman–Crippen LogP) is -0.437. The fraction of sp³-hybridized carbons (Fsp3) is 0.556. The van der Waals surface area contributed by atoms with Crippen molar-refractivity contribution < 1.29 is 9.59 Å². The van der Waals surface area contributed by atoms with E-state index < -0.39 is 0 Å². The van der Waals surface area contributed by atoms with E-state index >= 15 is 0 Å². The maximum Gasteiger partial charge on any atom is 0.246 e. The molecule has 1 fully saturated rings. The average Bonchev–Trinajstić information content (AvgIpc) is 2.15. The largest absolute Gasteiger partial charge is 0.337 e. The molecule has 1 N–H and O–H groups in total. The Balaban J connectivity index is 2.41. The van der Waals surface area contributed by atoms with E-state index in [1.165, 1.54) is 19.1 Å². The van der Waals surface area contributed by atoms with E-state index in [2.05, 4.69) is 5.32 Å². The van der Waals surface area contributed by atoms with Crippen molar-refractivity contribution in [2.75, 3.05) is 26.2 Å². The van der Waals surface area contributed by atoms with Gasteiger partial charge in [-0.2, -0.15) is 0 Å². The second kappa shape index (κ2) is 4.77. The highest BCUT2D eigenvalue weighted by Crippen LogP contribution is 1.94. The molecule has 0 bridgehead atoms. The molecule has 0 unspecified atom stereocenters. The van der Waals surface area contributed by atoms with Gasteiger partial charge in [0.25, 0.3) is 0 Å². The molecular weight excluding hydrogens is 168 g/mol. The number of carbonyl (C=O) groups excluding carboxylic acids is 2. The van der Waals surface area contributed by atoms with Gasteiger partial charge in [0.05, 0.1) is 0 Å². The van der Waals surface area contributed by atoms with Crippen LogP contribution in [-0.4, -0.2) is 42.8 Å². The molecule has 0 aromatic heterocycles. The molecule has 1 heterocycles. The molecule has 1 aliphatic rings. The SMILES string of the molecule is CC(=O)C=CC(=O)N1CCNCC1. The van der Waals surface area contributed by atoms with E-state index in [1.54, 1.807) is 4.90 Å². The Kier molecular flexibility index (Phi) is 3.64. The molecular formula is C9H14N2O2. The van der Waals surface area contributed by atoms with Crippen molar-refractivity contribution in [3.8, 4) is 0 Å². The summed E-state index contributed by atoms with van der Waals surface area (Å²) >= 11 is 0. The lowest BCUT2D eigenvalue weighted by atomic mass is 10.3. The van der Waals surface area contributed by atoms with Crippen LogP contribution in [0.4, 0.5) is 0 Å². The minimum absolute atomic E-state index is 0.0725. The number of rotatable bonds is 2. The van der Waals surface area contributed by atoms with Crippen molar-refractivity contribution in [2.45, 2.75) is 6.92 Å². The minimum atomic E-state index is -0.0940. The van der Waals surface area contributed by atoms with Crippen LogP contribution in [-0.2, 0) is 9.59 Å². The number of nitrogens with one attached hydrogen (secondary N) is 1. The molecule has 4 heteroatoms. The third kappa shape index (κ3) is 3.38. The molecule has 72 valence electrons. The zero-order valence-corrected chi connectivity index (χ0v) is 7.75. The third-order valence-corrected chi connectivity index (χ3v) is 1.89. The fourth-order valence-electron chi connectivity index (χ4n) is 1.18. The maximum absolute atomic E-state index is 11.4. The molecule has 13 heavy (non-hydrogen) atoms. The van der Waals surface area contributed by atoms with Gasteiger partial charge in [-0.25, -0.2) is 0 Å². The first-order chi connectivity index (χ1) is 6.20. The summed E-state index contributed by atoms with van der Waals surface area (Å²) in [4.78, 5) is 23.7. The molecule has 0 aromatic rings. The molecule has 4 nitrogen and oxygen atoms in total. The van der Waals surface area contributed by atoms with Crippen molar-refractivity contribution in [1.82, 2.24) is 10.2 Å². The lowest BCUT2D eigenvalue weighted by Crippen LogP contribution is -2.45. The first-order valence-corrected chi connectivity index (χ1v) is 4.38. The van der Waals surface area contributed by atoms with Crippen molar-refractivity contribution in [2.24, 2.45) is 0 Å². The van der Waals surface area contributed by atoms with Crippen LogP contribution in [0.1, 0.15) is 6.92 Å². The Labute approximate surface area is 77.6 Å². The van der Waals surface area contributed by atoms with Crippen molar-refractivity contribution >= 4 is 11.7 Å². The molecule has 1 rings (SSSR count). The fourth-order valence-corrected chi connectivity index (χ4v) is 1.18. The summed E-state index contributed by atoms with van der Waals surface area (Å²) in [6, 6.07) is 0. The van der Waals surface area contributed by atoms with Gasteiger partial charge in [0.15, 0.2) is 5.78 Å². The van der Waals surface area contributed by atoms with E-state index in [0.29, 0.717) is 0 Å². The maximum atomic E-state index is 11.4. The number of amides is 1. The van der Waals surface area contributed by atoms with E-state index in [9.17, 15) is 9.59 Å². The van der Waals surface area contributed by atoms with Gasteiger partial charge in [-0.15, -0.1) is 0 Å². The Morgan fingerprint density at radius 2 is 1.85 bits per heavy atom. The van der Waals surface area contributed by atoms with Crippen molar-refractivity contribution in [3.63, 3.8) is 0 Å². The van der Waals surface area contributed by atoms with Crippen LogP contribution in [0.15, 0.2) is 12.2 Å². The van der Waals surface area contributed by atoms with Crippen LogP contribution in [0.3, 0.4) is 0 Å². The summed E-state index contributed by atoms with van der Waals surface area (Å²) in [5, 5.41) is 3.15. The number of allylic oxidation sites excluding steroid dienone is 1. The van der Waals surface area contributed by atoms with Gasteiger partial charge < -0.3 is 10.2 Å². The summed E-state index contributed by atoms with van der Waals surface area (Å²) in [5.74, 6) is -0.166. The van der Waals surface area contributed by atoms with E-state index in [-0.39, 0.29) is 11.7 Å². The summed E-state index contributed by atoms with van der Waals surface area (Å²) in [7, 11) is 0. The Hall–Kier alpha value is -1.16. The Morgan fingerprint density at radius 3 is 2.38 bits per heavy atom. The molecule has 0 radical (unpaired) electrons. The van der Waals surface area contributed by atoms with Gasteiger partial charge >= 0.3 is 0 Å². The molecule has 0 atom stereocenters. The first-order valence-electron chi connectivity index (χ1n) is 4.38. The Morgan fingerprint density at radius 1 is 1.23 bits per heavy atom. The van der Waals surface area contributed by atoms with Crippen LogP contribution in [0, 0.1) is 0 Å². The smallest absolute Gasteiger partial charge is 0.246 e. The molecule has 1 saturated heterocycles. The number of ketones is 1. The van der Waals surface area contributed by atoms with Gasteiger partial charge in [-0.1, -0.05) is 0 Å². The highest BCUT2D eigenvalue weighted by molar-refractivity contribution is 5.96. The van der Waals surface area contributed by atoms with Crippen molar-refractivity contribution in [3.05, 3.63) is 12.2 Å². The van der Waals surface area contributed by atoms with E-state index in [1.807, 2.05) is 0 Å². The van der Waals surface area contributed by atoms with Crippen LogP contribution in [0.2, 0.25) is 0 Å². The Bertz CT molecular complexity index is 230.